The van der Waals surface area contributed by atoms with Crippen molar-refractivity contribution in [2.24, 2.45) is 7.05 Å². The molecule has 0 atom stereocenters. The molecule has 0 saturated carbocycles. The molecule has 25 heavy (non-hydrogen) atoms. The fraction of sp³-hybridized carbons (Fsp3) is 0.158. The average molecular weight is 335 g/mol. The van der Waals surface area contributed by atoms with E-state index >= 15 is 0 Å². The summed E-state index contributed by atoms with van der Waals surface area (Å²) in [5.74, 6) is 1.15. The van der Waals surface area contributed by atoms with Crippen molar-refractivity contribution in [2.45, 2.75) is 6.54 Å². The number of benzene rings is 2. The maximum Gasteiger partial charge on any atom is 0.231 e. The van der Waals surface area contributed by atoms with Gasteiger partial charge in [0.2, 0.25) is 12.4 Å². The monoisotopic (exact) mass is 335 g/mol. The molecule has 0 aliphatic carbocycles. The van der Waals surface area contributed by atoms with Crippen LogP contribution >= 0.6 is 0 Å². The lowest BCUT2D eigenvalue weighted by molar-refractivity contribution is 0.0969. The van der Waals surface area contributed by atoms with Gasteiger partial charge in [-0.05, 0) is 23.8 Å². The van der Waals surface area contributed by atoms with E-state index in [0.717, 1.165) is 11.3 Å². The van der Waals surface area contributed by atoms with Gasteiger partial charge in [-0.25, -0.2) is 0 Å². The van der Waals surface area contributed by atoms with E-state index in [1.165, 1.54) is 0 Å². The van der Waals surface area contributed by atoms with Gasteiger partial charge in [-0.3, -0.25) is 10.2 Å². The van der Waals surface area contributed by atoms with E-state index in [4.69, 9.17) is 14.9 Å². The van der Waals surface area contributed by atoms with Crippen LogP contribution in [0.5, 0.6) is 11.5 Å². The van der Waals surface area contributed by atoms with E-state index in [9.17, 15) is 4.79 Å². The Morgan fingerprint density at radius 3 is 2.68 bits per heavy atom. The third kappa shape index (κ3) is 2.71. The molecular weight excluding hydrogens is 318 g/mol. The number of nitrogens with zero attached hydrogens (tertiary/aromatic N) is 2. The number of ketones is 1. The van der Waals surface area contributed by atoms with Gasteiger partial charge in [-0.2, -0.15) is 0 Å². The fourth-order valence-corrected chi connectivity index (χ4v) is 2.92. The zero-order chi connectivity index (χ0) is 17.4. The predicted octanol–water partition coefficient (Wildman–Crippen LogP) is 2.58. The number of Topliss-reactive ketones (excluding diaryl/α,β-unsaturated/α-hetero) is 1. The molecule has 0 radical (unpaired) electrons. The first-order valence-electron chi connectivity index (χ1n) is 7.92. The van der Waals surface area contributed by atoms with Gasteiger partial charge in [0.15, 0.2) is 17.3 Å². The molecule has 2 heterocycles. The lowest BCUT2D eigenvalue weighted by Gasteiger charge is -2.04. The summed E-state index contributed by atoms with van der Waals surface area (Å²) in [6, 6.07) is 15.0. The minimum Gasteiger partial charge on any atom is -0.454 e. The second-order valence-electron chi connectivity index (χ2n) is 5.88. The number of carbonyl (C=O) groups excluding carboxylic acids is 1. The Balaban J connectivity index is 1.63. The zero-order valence-electron chi connectivity index (χ0n) is 13.7. The topological polar surface area (TPSA) is 69.2 Å². The maximum absolute atomic E-state index is 12.6. The molecular formula is C19H17N3O3. The van der Waals surface area contributed by atoms with Gasteiger partial charge in [0.05, 0.1) is 12.2 Å². The Bertz CT molecular complexity index is 1000. The van der Waals surface area contributed by atoms with Crippen molar-refractivity contribution in [1.82, 2.24) is 9.13 Å². The number of ether oxygens (including phenoxy) is 2. The van der Waals surface area contributed by atoms with E-state index in [-0.39, 0.29) is 24.7 Å². The number of hydrogen-bond donors (Lipinski definition) is 1. The lowest BCUT2D eigenvalue weighted by atomic mass is 10.1. The van der Waals surface area contributed by atoms with Crippen molar-refractivity contribution < 1.29 is 14.3 Å². The van der Waals surface area contributed by atoms with Crippen LogP contribution in [0.25, 0.3) is 11.3 Å². The summed E-state index contributed by atoms with van der Waals surface area (Å²) in [6.45, 7) is 0.275. The van der Waals surface area contributed by atoms with Gasteiger partial charge in [0.1, 0.15) is 0 Å². The van der Waals surface area contributed by atoms with Gasteiger partial charge in [-0.15, -0.1) is 0 Å². The molecule has 3 aromatic rings. The summed E-state index contributed by atoms with van der Waals surface area (Å²) >= 11 is 0. The highest BCUT2D eigenvalue weighted by Crippen LogP contribution is 2.32. The van der Waals surface area contributed by atoms with E-state index < -0.39 is 0 Å². The van der Waals surface area contributed by atoms with Gasteiger partial charge < -0.3 is 18.6 Å². The molecule has 0 spiro atoms. The van der Waals surface area contributed by atoms with Crippen LogP contribution in [0.3, 0.4) is 0 Å². The van der Waals surface area contributed by atoms with E-state index in [2.05, 4.69) is 0 Å². The minimum absolute atomic E-state index is 0.0815. The molecule has 0 saturated heterocycles. The Morgan fingerprint density at radius 1 is 1.12 bits per heavy atom. The Kier molecular flexibility index (Phi) is 3.65. The van der Waals surface area contributed by atoms with Crippen LogP contribution in [0, 0.1) is 5.41 Å². The molecule has 126 valence electrons. The van der Waals surface area contributed by atoms with Crippen molar-refractivity contribution >= 4 is 5.78 Å². The molecule has 1 N–H and O–H groups in total. The number of rotatable bonds is 4. The first-order valence-corrected chi connectivity index (χ1v) is 7.92. The standard InChI is InChI=1S/C19H17N3O3/c1-21-15(13-5-3-2-4-6-13)10-22(19(21)20)11-16(23)14-7-8-17-18(9-14)25-12-24-17/h2-10,20H,11-12H2,1H3. The van der Waals surface area contributed by atoms with Crippen LogP contribution < -0.4 is 15.1 Å². The third-order valence-corrected chi connectivity index (χ3v) is 4.31. The molecule has 1 aromatic heterocycles. The number of fused-ring (bicyclic) bond motifs is 1. The first-order chi connectivity index (χ1) is 12.1. The number of nitrogens with one attached hydrogen (secondary N) is 1. The summed E-state index contributed by atoms with van der Waals surface area (Å²) in [6.07, 6.45) is 1.84. The van der Waals surface area contributed by atoms with Crippen LogP contribution in [0.2, 0.25) is 0 Å². The highest BCUT2D eigenvalue weighted by molar-refractivity contribution is 5.96. The molecule has 0 fully saturated rings. The molecule has 4 rings (SSSR count). The SMILES string of the molecule is Cn1c(-c2ccccc2)cn(CC(=O)c2ccc3c(c2)OCO3)c1=N. The van der Waals surface area contributed by atoms with Crippen LogP contribution in [-0.2, 0) is 13.6 Å². The van der Waals surface area contributed by atoms with Crippen molar-refractivity contribution in [2.75, 3.05) is 6.79 Å². The van der Waals surface area contributed by atoms with Crippen molar-refractivity contribution in [1.29, 1.82) is 5.41 Å². The summed E-state index contributed by atoms with van der Waals surface area (Å²) < 4.78 is 14.0. The molecule has 1 aliphatic heterocycles. The Labute approximate surface area is 144 Å². The lowest BCUT2D eigenvalue weighted by Crippen LogP contribution is -2.25. The molecule has 2 aromatic carbocycles. The van der Waals surface area contributed by atoms with Crippen LogP contribution in [0.1, 0.15) is 10.4 Å². The number of aromatic nitrogens is 2. The molecule has 6 heteroatoms. The quantitative estimate of drug-likeness (QED) is 0.745. The van der Waals surface area contributed by atoms with Gasteiger partial charge in [-0.1, -0.05) is 30.3 Å². The van der Waals surface area contributed by atoms with E-state index in [1.54, 1.807) is 27.3 Å². The predicted molar refractivity (Wildman–Crippen MR) is 91.6 cm³/mol. The van der Waals surface area contributed by atoms with Gasteiger partial charge >= 0.3 is 0 Å². The average Bonchev–Trinajstić information content (AvgIpc) is 3.22. The smallest absolute Gasteiger partial charge is 0.231 e. The molecule has 6 nitrogen and oxygen atoms in total. The number of hydrogen-bond acceptors (Lipinski definition) is 4. The minimum atomic E-state index is -0.0815. The highest BCUT2D eigenvalue weighted by Gasteiger charge is 2.17. The summed E-state index contributed by atoms with van der Waals surface area (Å²) in [7, 11) is 1.83. The molecule has 1 aliphatic rings. The van der Waals surface area contributed by atoms with Crippen LogP contribution in [-0.4, -0.2) is 21.7 Å². The van der Waals surface area contributed by atoms with E-state index in [1.807, 2.05) is 43.6 Å². The summed E-state index contributed by atoms with van der Waals surface area (Å²) in [4.78, 5) is 12.6. The normalized spacial score (nSPS) is 12.4. The third-order valence-electron chi connectivity index (χ3n) is 4.31. The maximum atomic E-state index is 12.6. The number of imidazole rings is 1. The van der Waals surface area contributed by atoms with Gasteiger partial charge in [0.25, 0.3) is 0 Å². The fourth-order valence-electron chi connectivity index (χ4n) is 2.92. The summed E-state index contributed by atoms with van der Waals surface area (Å²) in [5.41, 5.74) is 2.71. The second kappa shape index (κ2) is 5.98. The summed E-state index contributed by atoms with van der Waals surface area (Å²) in [5, 5.41) is 8.27. The molecule has 0 amide bonds. The Morgan fingerprint density at radius 2 is 1.88 bits per heavy atom. The van der Waals surface area contributed by atoms with Gasteiger partial charge in [0, 0.05) is 18.8 Å². The largest absolute Gasteiger partial charge is 0.454 e. The highest BCUT2D eigenvalue weighted by atomic mass is 16.7. The molecule has 0 bridgehead atoms. The van der Waals surface area contributed by atoms with Crippen molar-refractivity contribution in [3.8, 4) is 22.8 Å². The van der Waals surface area contributed by atoms with Crippen LogP contribution in [0.4, 0.5) is 0 Å². The Hall–Kier alpha value is -3.28. The van der Waals surface area contributed by atoms with Crippen molar-refractivity contribution in [3.05, 3.63) is 65.9 Å². The molecule has 0 unspecified atom stereocenters. The van der Waals surface area contributed by atoms with Crippen molar-refractivity contribution in [3.63, 3.8) is 0 Å². The second-order valence-corrected chi connectivity index (χ2v) is 5.88. The van der Waals surface area contributed by atoms with E-state index in [0.29, 0.717) is 17.1 Å². The number of carbonyl (C=O) groups is 1. The first kappa shape index (κ1) is 15.3. The zero-order valence-corrected chi connectivity index (χ0v) is 13.7. The van der Waals surface area contributed by atoms with Crippen LogP contribution in [0.15, 0.2) is 54.7 Å².